The van der Waals surface area contributed by atoms with E-state index in [1.54, 1.807) is 6.33 Å². The van der Waals surface area contributed by atoms with E-state index >= 15 is 0 Å². The van der Waals surface area contributed by atoms with Crippen molar-refractivity contribution in [3.05, 3.63) is 12.2 Å². The maximum absolute atomic E-state index is 5.38. The molecule has 1 fully saturated rings. The summed E-state index contributed by atoms with van der Waals surface area (Å²) in [4.78, 5) is 4.31. The van der Waals surface area contributed by atoms with Crippen LogP contribution in [0, 0.1) is 5.92 Å². The molecule has 1 aromatic heterocycles. The molecule has 1 unspecified atom stereocenters. The van der Waals surface area contributed by atoms with Crippen LogP contribution in [-0.2, 0) is 17.8 Å². The van der Waals surface area contributed by atoms with Crippen LogP contribution in [0.5, 0.6) is 0 Å². The summed E-state index contributed by atoms with van der Waals surface area (Å²) in [5.41, 5.74) is 0.104. The molecule has 5 heteroatoms. The Morgan fingerprint density at radius 1 is 1.53 bits per heavy atom. The Morgan fingerprint density at radius 2 is 2.35 bits per heavy atom. The number of nitrogens with zero attached hydrogens (tertiary/aromatic N) is 3. The second-order valence-corrected chi connectivity index (χ2v) is 5.69. The van der Waals surface area contributed by atoms with Gasteiger partial charge in [-0.3, -0.25) is 0 Å². The SMILES string of the molecule is CC(C)(C)NCc1ncnn1CC1CCOC1. The molecule has 17 heavy (non-hydrogen) atoms. The topological polar surface area (TPSA) is 52.0 Å². The molecule has 2 heterocycles. The molecule has 1 aliphatic heterocycles. The minimum absolute atomic E-state index is 0.104. The standard InChI is InChI=1S/C12H22N4O/c1-12(2,3)14-6-11-13-9-15-16(11)7-10-4-5-17-8-10/h9-10,14H,4-8H2,1-3H3. The number of hydrogen-bond donors (Lipinski definition) is 1. The summed E-state index contributed by atoms with van der Waals surface area (Å²) in [5.74, 6) is 1.59. The third-order valence-corrected chi connectivity index (χ3v) is 2.93. The van der Waals surface area contributed by atoms with Gasteiger partial charge in [0.15, 0.2) is 0 Å². The van der Waals surface area contributed by atoms with Crippen molar-refractivity contribution in [3.8, 4) is 0 Å². The normalized spacial score (nSPS) is 21.0. The van der Waals surface area contributed by atoms with Gasteiger partial charge in [0, 0.05) is 24.6 Å². The molecule has 2 rings (SSSR count). The maximum atomic E-state index is 5.38. The van der Waals surface area contributed by atoms with E-state index in [-0.39, 0.29) is 5.54 Å². The molecule has 1 N–H and O–H groups in total. The van der Waals surface area contributed by atoms with Crippen LogP contribution in [0.4, 0.5) is 0 Å². The highest BCUT2D eigenvalue weighted by molar-refractivity contribution is 4.87. The maximum Gasteiger partial charge on any atom is 0.140 e. The number of rotatable bonds is 4. The van der Waals surface area contributed by atoms with Crippen LogP contribution in [0.2, 0.25) is 0 Å². The Labute approximate surface area is 103 Å². The van der Waals surface area contributed by atoms with Crippen molar-refractivity contribution in [1.29, 1.82) is 0 Å². The summed E-state index contributed by atoms with van der Waals surface area (Å²) in [6.07, 6.45) is 2.77. The molecule has 1 aliphatic rings. The largest absolute Gasteiger partial charge is 0.381 e. The summed E-state index contributed by atoms with van der Waals surface area (Å²) in [6, 6.07) is 0. The van der Waals surface area contributed by atoms with Crippen LogP contribution in [0.15, 0.2) is 6.33 Å². The highest BCUT2D eigenvalue weighted by Gasteiger charge is 2.18. The van der Waals surface area contributed by atoms with Crippen molar-refractivity contribution in [2.75, 3.05) is 13.2 Å². The van der Waals surface area contributed by atoms with E-state index in [1.165, 1.54) is 0 Å². The van der Waals surface area contributed by atoms with E-state index in [0.29, 0.717) is 5.92 Å². The highest BCUT2D eigenvalue weighted by Crippen LogP contribution is 2.15. The Kier molecular flexibility index (Phi) is 3.79. The number of hydrogen-bond acceptors (Lipinski definition) is 4. The van der Waals surface area contributed by atoms with Crippen LogP contribution in [0.3, 0.4) is 0 Å². The summed E-state index contributed by atoms with van der Waals surface area (Å²) in [5, 5.41) is 7.73. The van der Waals surface area contributed by atoms with E-state index in [4.69, 9.17) is 4.74 Å². The first kappa shape index (κ1) is 12.5. The van der Waals surface area contributed by atoms with Gasteiger partial charge >= 0.3 is 0 Å². The molecule has 1 aromatic rings. The minimum Gasteiger partial charge on any atom is -0.381 e. The molecule has 1 atom stereocenters. The summed E-state index contributed by atoms with van der Waals surface area (Å²) >= 11 is 0. The first-order valence-electron chi connectivity index (χ1n) is 6.24. The smallest absolute Gasteiger partial charge is 0.140 e. The van der Waals surface area contributed by atoms with Crippen molar-refractivity contribution < 1.29 is 4.74 Å². The van der Waals surface area contributed by atoms with Crippen LogP contribution in [0.25, 0.3) is 0 Å². The third-order valence-electron chi connectivity index (χ3n) is 2.93. The molecule has 0 bridgehead atoms. The molecule has 0 amide bonds. The lowest BCUT2D eigenvalue weighted by atomic mass is 10.1. The average Bonchev–Trinajstić information content (AvgIpc) is 2.86. The first-order valence-corrected chi connectivity index (χ1v) is 6.24. The summed E-state index contributed by atoms with van der Waals surface area (Å²) in [7, 11) is 0. The molecule has 96 valence electrons. The van der Waals surface area contributed by atoms with Crippen LogP contribution in [-0.4, -0.2) is 33.5 Å². The summed E-state index contributed by atoms with van der Waals surface area (Å²) < 4.78 is 7.38. The van der Waals surface area contributed by atoms with Crippen LogP contribution in [0.1, 0.15) is 33.0 Å². The van der Waals surface area contributed by atoms with E-state index in [2.05, 4.69) is 36.2 Å². The zero-order chi connectivity index (χ0) is 12.3. The third kappa shape index (κ3) is 3.78. The second kappa shape index (κ2) is 5.14. The van der Waals surface area contributed by atoms with Crippen molar-refractivity contribution in [2.45, 2.75) is 45.8 Å². The molecule has 0 aromatic carbocycles. The van der Waals surface area contributed by atoms with Gasteiger partial charge < -0.3 is 10.1 Å². The fourth-order valence-corrected chi connectivity index (χ4v) is 1.89. The van der Waals surface area contributed by atoms with Gasteiger partial charge in [-0.05, 0) is 27.2 Å². The van der Waals surface area contributed by atoms with Gasteiger partial charge in [-0.2, -0.15) is 5.10 Å². The molecule has 0 aliphatic carbocycles. The zero-order valence-electron chi connectivity index (χ0n) is 10.9. The monoisotopic (exact) mass is 238 g/mol. The van der Waals surface area contributed by atoms with E-state index in [0.717, 1.165) is 38.5 Å². The van der Waals surface area contributed by atoms with Gasteiger partial charge in [-0.15, -0.1) is 0 Å². The molecule has 0 radical (unpaired) electrons. The Hall–Kier alpha value is -0.940. The predicted octanol–water partition coefficient (Wildman–Crippen LogP) is 1.20. The van der Waals surface area contributed by atoms with E-state index < -0.39 is 0 Å². The lowest BCUT2D eigenvalue weighted by Gasteiger charge is -2.20. The van der Waals surface area contributed by atoms with Crippen LogP contribution >= 0.6 is 0 Å². The van der Waals surface area contributed by atoms with Gasteiger partial charge in [-0.1, -0.05) is 0 Å². The van der Waals surface area contributed by atoms with Gasteiger partial charge in [0.2, 0.25) is 0 Å². The quantitative estimate of drug-likeness (QED) is 0.856. The Balaban J connectivity index is 1.91. The highest BCUT2D eigenvalue weighted by atomic mass is 16.5. The van der Waals surface area contributed by atoms with Gasteiger partial charge in [-0.25, -0.2) is 9.67 Å². The van der Waals surface area contributed by atoms with Crippen molar-refractivity contribution in [2.24, 2.45) is 5.92 Å². The number of aromatic nitrogens is 3. The molecule has 5 nitrogen and oxygen atoms in total. The van der Waals surface area contributed by atoms with Crippen molar-refractivity contribution in [3.63, 3.8) is 0 Å². The first-order chi connectivity index (χ1) is 8.04. The van der Waals surface area contributed by atoms with Gasteiger partial charge in [0.1, 0.15) is 12.2 Å². The lowest BCUT2D eigenvalue weighted by Crippen LogP contribution is -2.36. The van der Waals surface area contributed by atoms with Crippen molar-refractivity contribution >= 4 is 0 Å². The molecular weight excluding hydrogens is 216 g/mol. The zero-order valence-corrected chi connectivity index (χ0v) is 10.9. The average molecular weight is 238 g/mol. The minimum atomic E-state index is 0.104. The predicted molar refractivity (Wildman–Crippen MR) is 65.5 cm³/mol. The number of nitrogens with one attached hydrogen (secondary N) is 1. The summed E-state index contributed by atoms with van der Waals surface area (Å²) in [6.45, 7) is 9.87. The second-order valence-electron chi connectivity index (χ2n) is 5.69. The van der Waals surface area contributed by atoms with Crippen LogP contribution < -0.4 is 5.32 Å². The van der Waals surface area contributed by atoms with E-state index in [1.807, 2.05) is 4.68 Å². The fourth-order valence-electron chi connectivity index (χ4n) is 1.89. The van der Waals surface area contributed by atoms with Crippen molar-refractivity contribution in [1.82, 2.24) is 20.1 Å². The molecule has 0 saturated carbocycles. The molecular formula is C12H22N4O. The van der Waals surface area contributed by atoms with E-state index in [9.17, 15) is 0 Å². The Bertz CT molecular complexity index is 350. The van der Waals surface area contributed by atoms with Gasteiger partial charge in [0.25, 0.3) is 0 Å². The lowest BCUT2D eigenvalue weighted by molar-refractivity contribution is 0.181. The molecule has 1 saturated heterocycles. The Morgan fingerprint density at radius 3 is 3.00 bits per heavy atom. The molecule has 0 spiro atoms. The van der Waals surface area contributed by atoms with Gasteiger partial charge in [0.05, 0.1) is 13.2 Å². The fraction of sp³-hybridized carbons (Fsp3) is 0.833. The number of ether oxygens (including phenoxy) is 1.